The van der Waals surface area contributed by atoms with Crippen molar-refractivity contribution >= 4 is 0 Å². The molecule has 0 fully saturated rings. The summed E-state index contributed by atoms with van der Waals surface area (Å²) in [5.41, 5.74) is 8.35. The molecule has 2 aromatic rings. The van der Waals surface area contributed by atoms with Crippen LogP contribution in [0.4, 0.5) is 0 Å². The highest BCUT2D eigenvalue weighted by atomic mass is 16.5. The normalized spacial score (nSPS) is 12.2. The third kappa shape index (κ3) is 3.11. The Balaban J connectivity index is 2.08. The largest absolute Gasteiger partial charge is 0.457 e. The van der Waals surface area contributed by atoms with Crippen LogP contribution in [0, 0.1) is 6.92 Å². The van der Waals surface area contributed by atoms with Gasteiger partial charge in [0.25, 0.3) is 0 Å². The molecule has 2 aromatic carbocycles. The molecule has 2 N–H and O–H groups in total. The van der Waals surface area contributed by atoms with Crippen LogP contribution < -0.4 is 10.5 Å². The molecule has 1 atom stereocenters. The third-order valence-corrected chi connectivity index (χ3v) is 3.00. The van der Waals surface area contributed by atoms with Crippen LogP contribution in [-0.2, 0) is 0 Å². The second-order valence-electron chi connectivity index (χ2n) is 4.50. The molecule has 0 aliphatic carbocycles. The number of benzene rings is 2. The van der Waals surface area contributed by atoms with Gasteiger partial charge < -0.3 is 10.5 Å². The van der Waals surface area contributed by atoms with Crippen molar-refractivity contribution in [3.05, 3.63) is 59.7 Å². The zero-order valence-corrected chi connectivity index (χ0v) is 10.9. The molecule has 0 amide bonds. The summed E-state index contributed by atoms with van der Waals surface area (Å²) in [6, 6.07) is 16.1. The fourth-order valence-corrected chi connectivity index (χ4v) is 1.76. The van der Waals surface area contributed by atoms with Gasteiger partial charge in [0.1, 0.15) is 11.5 Å². The fourth-order valence-electron chi connectivity index (χ4n) is 1.76. The van der Waals surface area contributed by atoms with E-state index >= 15 is 0 Å². The highest BCUT2D eigenvalue weighted by molar-refractivity contribution is 5.34. The molecule has 0 unspecified atom stereocenters. The SMILES string of the molecule is CC[C@H](N)c1ccc(Oc2ccc(C)cc2)cc1. The fraction of sp³-hybridized carbons (Fsp3) is 0.250. The first kappa shape index (κ1) is 12.7. The zero-order valence-electron chi connectivity index (χ0n) is 10.9. The number of rotatable bonds is 4. The lowest BCUT2D eigenvalue weighted by Gasteiger charge is -2.10. The highest BCUT2D eigenvalue weighted by Crippen LogP contribution is 2.23. The summed E-state index contributed by atoms with van der Waals surface area (Å²) in [5, 5.41) is 0. The number of nitrogens with two attached hydrogens (primary N) is 1. The standard InChI is InChI=1S/C16H19NO/c1-3-16(17)13-6-10-15(11-7-13)18-14-8-4-12(2)5-9-14/h4-11,16H,3,17H2,1-2H3/t16-/m0/s1. The summed E-state index contributed by atoms with van der Waals surface area (Å²) in [6.07, 6.45) is 0.943. The van der Waals surface area contributed by atoms with E-state index < -0.39 is 0 Å². The average Bonchev–Trinajstić information content (AvgIpc) is 2.41. The molecule has 0 spiro atoms. The molecule has 0 aliphatic heterocycles. The van der Waals surface area contributed by atoms with Crippen molar-refractivity contribution in [2.24, 2.45) is 5.73 Å². The van der Waals surface area contributed by atoms with Crippen molar-refractivity contribution < 1.29 is 4.74 Å². The summed E-state index contributed by atoms with van der Waals surface area (Å²) >= 11 is 0. The van der Waals surface area contributed by atoms with Crippen molar-refractivity contribution in [2.45, 2.75) is 26.3 Å². The number of aryl methyl sites for hydroxylation is 1. The topological polar surface area (TPSA) is 35.2 Å². The minimum absolute atomic E-state index is 0.110. The molecule has 2 nitrogen and oxygen atoms in total. The van der Waals surface area contributed by atoms with E-state index in [2.05, 4.69) is 13.8 Å². The predicted molar refractivity (Wildman–Crippen MR) is 74.9 cm³/mol. The first-order valence-corrected chi connectivity index (χ1v) is 6.29. The molecule has 0 bridgehead atoms. The van der Waals surface area contributed by atoms with Crippen LogP contribution in [0.25, 0.3) is 0 Å². The van der Waals surface area contributed by atoms with Gasteiger partial charge in [-0.15, -0.1) is 0 Å². The van der Waals surface area contributed by atoms with Crippen LogP contribution in [0.2, 0.25) is 0 Å². The lowest BCUT2D eigenvalue weighted by atomic mass is 10.1. The Morgan fingerprint density at radius 2 is 1.44 bits per heavy atom. The smallest absolute Gasteiger partial charge is 0.127 e. The van der Waals surface area contributed by atoms with E-state index in [-0.39, 0.29) is 6.04 Å². The van der Waals surface area contributed by atoms with E-state index in [0.717, 1.165) is 23.5 Å². The van der Waals surface area contributed by atoms with Crippen molar-refractivity contribution in [3.63, 3.8) is 0 Å². The monoisotopic (exact) mass is 241 g/mol. The Hall–Kier alpha value is -1.80. The van der Waals surface area contributed by atoms with Crippen molar-refractivity contribution in [1.29, 1.82) is 0 Å². The summed E-state index contributed by atoms with van der Waals surface area (Å²) in [4.78, 5) is 0. The van der Waals surface area contributed by atoms with E-state index in [0.29, 0.717) is 0 Å². The van der Waals surface area contributed by atoms with Gasteiger partial charge in [-0.2, -0.15) is 0 Å². The van der Waals surface area contributed by atoms with Gasteiger partial charge in [0.15, 0.2) is 0 Å². The molecule has 0 aliphatic rings. The molecule has 94 valence electrons. The second-order valence-corrected chi connectivity index (χ2v) is 4.50. The number of hydrogen-bond acceptors (Lipinski definition) is 2. The van der Waals surface area contributed by atoms with E-state index in [1.807, 2.05) is 48.5 Å². The second kappa shape index (κ2) is 5.69. The van der Waals surface area contributed by atoms with Gasteiger partial charge in [-0.3, -0.25) is 0 Å². The lowest BCUT2D eigenvalue weighted by Crippen LogP contribution is -2.07. The summed E-state index contributed by atoms with van der Waals surface area (Å²) < 4.78 is 5.76. The van der Waals surface area contributed by atoms with Gasteiger partial charge in [-0.25, -0.2) is 0 Å². The van der Waals surface area contributed by atoms with Crippen molar-refractivity contribution in [2.75, 3.05) is 0 Å². The maximum Gasteiger partial charge on any atom is 0.127 e. The van der Waals surface area contributed by atoms with E-state index in [9.17, 15) is 0 Å². The molecule has 0 saturated carbocycles. The quantitative estimate of drug-likeness (QED) is 0.870. The van der Waals surface area contributed by atoms with Crippen molar-refractivity contribution in [3.8, 4) is 11.5 Å². The van der Waals surface area contributed by atoms with Gasteiger partial charge >= 0.3 is 0 Å². The van der Waals surface area contributed by atoms with Gasteiger partial charge in [0, 0.05) is 6.04 Å². The van der Waals surface area contributed by atoms with Gasteiger partial charge in [-0.05, 0) is 43.2 Å². The Kier molecular flexibility index (Phi) is 4.00. The molecule has 0 aromatic heterocycles. The summed E-state index contributed by atoms with van der Waals surface area (Å²) in [7, 11) is 0. The Morgan fingerprint density at radius 1 is 0.944 bits per heavy atom. The van der Waals surface area contributed by atoms with Gasteiger partial charge in [0.05, 0.1) is 0 Å². The van der Waals surface area contributed by atoms with Crippen LogP contribution >= 0.6 is 0 Å². The van der Waals surface area contributed by atoms with Crippen LogP contribution in [-0.4, -0.2) is 0 Å². The first-order chi connectivity index (χ1) is 8.69. The summed E-state index contributed by atoms with van der Waals surface area (Å²) in [6.45, 7) is 4.14. The maximum atomic E-state index is 5.97. The zero-order chi connectivity index (χ0) is 13.0. The minimum Gasteiger partial charge on any atom is -0.457 e. The van der Waals surface area contributed by atoms with Gasteiger partial charge in [-0.1, -0.05) is 36.8 Å². The minimum atomic E-state index is 0.110. The Morgan fingerprint density at radius 3 is 1.94 bits per heavy atom. The van der Waals surface area contributed by atoms with Crippen LogP contribution in [0.15, 0.2) is 48.5 Å². The highest BCUT2D eigenvalue weighted by Gasteiger charge is 2.03. The first-order valence-electron chi connectivity index (χ1n) is 6.29. The molecule has 0 heterocycles. The number of hydrogen-bond donors (Lipinski definition) is 1. The molecule has 0 radical (unpaired) electrons. The van der Waals surface area contributed by atoms with Crippen LogP contribution in [0.5, 0.6) is 11.5 Å². The molecule has 18 heavy (non-hydrogen) atoms. The lowest BCUT2D eigenvalue weighted by molar-refractivity contribution is 0.482. The van der Waals surface area contributed by atoms with E-state index in [4.69, 9.17) is 10.5 Å². The molecule has 2 rings (SSSR count). The average molecular weight is 241 g/mol. The molecular weight excluding hydrogens is 222 g/mol. The maximum absolute atomic E-state index is 5.97. The Labute approximate surface area is 108 Å². The van der Waals surface area contributed by atoms with Crippen LogP contribution in [0.1, 0.15) is 30.5 Å². The molecular formula is C16H19NO. The van der Waals surface area contributed by atoms with E-state index in [1.165, 1.54) is 5.56 Å². The molecule has 0 saturated heterocycles. The van der Waals surface area contributed by atoms with Gasteiger partial charge in [0.2, 0.25) is 0 Å². The third-order valence-electron chi connectivity index (χ3n) is 3.00. The predicted octanol–water partition coefficient (Wildman–Crippen LogP) is 4.20. The molecule has 2 heteroatoms. The Bertz CT molecular complexity index is 488. The number of ether oxygens (including phenoxy) is 1. The van der Waals surface area contributed by atoms with Crippen LogP contribution in [0.3, 0.4) is 0 Å². The summed E-state index contributed by atoms with van der Waals surface area (Å²) in [5.74, 6) is 1.69. The van der Waals surface area contributed by atoms with Crippen molar-refractivity contribution in [1.82, 2.24) is 0 Å². The van der Waals surface area contributed by atoms with E-state index in [1.54, 1.807) is 0 Å².